The second kappa shape index (κ2) is 7.41. The quantitative estimate of drug-likeness (QED) is 0.267. The molecule has 0 amide bonds. The average Bonchev–Trinajstić information content (AvgIpc) is 1.62. The third-order valence-electron chi connectivity index (χ3n) is 0.168. The van der Waals surface area contributed by atoms with Crippen molar-refractivity contribution in [3.05, 3.63) is 0 Å². The van der Waals surface area contributed by atoms with Crippen LogP contribution in [0, 0.1) is 0 Å². The van der Waals surface area contributed by atoms with E-state index in [1.54, 1.807) is 0 Å². The molecule has 58 valence electrons. The summed E-state index contributed by atoms with van der Waals surface area (Å²) < 4.78 is 0. The fourth-order valence-corrected chi connectivity index (χ4v) is 0.0494. The summed E-state index contributed by atoms with van der Waals surface area (Å²) in [4.78, 5) is 18.3. The van der Waals surface area contributed by atoms with Gasteiger partial charge in [-0.2, -0.15) is 0 Å². The molecule has 0 aliphatic carbocycles. The summed E-state index contributed by atoms with van der Waals surface area (Å²) in [6.07, 6.45) is 0.389. The highest BCUT2D eigenvalue weighted by Gasteiger charge is 1.80. The molecule has 0 saturated carbocycles. The average molecular weight is 149 g/mol. The summed E-state index contributed by atoms with van der Waals surface area (Å²) >= 11 is 0. The Balaban J connectivity index is 0. The van der Waals surface area contributed by atoms with Crippen LogP contribution in [0.2, 0.25) is 0 Å². The number of rotatable bonds is 1. The molecule has 0 aromatic rings. The molecule has 0 rings (SSSR count). The molecular formula is C4H7NO5. The predicted molar refractivity (Wildman–Crippen MR) is 31.2 cm³/mol. The van der Waals surface area contributed by atoms with E-state index in [-0.39, 0.29) is 0 Å². The lowest BCUT2D eigenvalue weighted by Crippen LogP contribution is -1.93. The highest BCUT2D eigenvalue weighted by Crippen LogP contribution is 1.50. The predicted octanol–water partition coefficient (Wildman–Crippen LogP) is -0.378. The van der Waals surface area contributed by atoms with E-state index in [1.165, 1.54) is 0 Å². The first-order valence-electron chi connectivity index (χ1n) is 2.10. The number of oxime groups is 1. The SMILES string of the molecule is CC(=O)O.O=C(O)C=NO. The van der Waals surface area contributed by atoms with Gasteiger partial charge in [0, 0.05) is 6.92 Å². The first-order chi connectivity index (χ1) is 4.50. The number of aliphatic carboxylic acids is 2. The van der Waals surface area contributed by atoms with Gasteiger partial charge in [0.15, 0.2) is 6.21 Å². The molecule has 3 N–H and O–H groups in total. The van der Waals surface area contributed by atoms with E-state index in [4.69, 9.17) is 20.2 Å². The molecule has 0 bridgehead atoms. The maximum absolute atomic E-state index is 9.29. The molecule has 0 aliphatic heterocycles. The molecule has 0 radical (unpaired) electrons. The molecule has 0 unspecified atom stereocenters. The van der Waals surface area contributed by atoms with Crippen LogP contribution in [0.3, 0.4) is 0 Å². The number of carboxylic acid groups (broad SMARTS) is 2. The van der Waals surface area contributed by atoms with Gasteiger partial charge in [0.05, 0.1) is 0 Å². The highest BCUT2D eigenvalue weighted by molar-refractivity contribution is 6.21. The Bertz CT molecular complexity index is 137. The van der Waals surface area contributed by atoms with Crippen LogP contribution in [-0.4, -0.2) is 33.6 Å². The van der Waals surface area contributed by atoms with Crippen LogP contribution in [0.5, 0.6) is 0 Å². The maximum atomic E-state index is 9.29. The minimum atomic E-state index is -1.25. The van der Waals surface area contributed by atoms with Gasteiger partial charge >= 0.3 is 5.97 Å². The molecule has 0 aliphatic rings. The molecule has 0 heterocycles. The first kappa shape index (κ1) is 11.2. The molecule has 6 heteroatoms. The van der Waals surface area contributed by atoms with Crippen molar-refractivity contribution in [3.63, 3.8) is 0 Å². The lowest BCUT2D eigenvalue weighted by Gasteiger charge is -1.67. The van der Waals surface area contributed by atoms with Crippen LogP contribution in [0.1, 0.15) is 6.92 Å². The van der Waals surface area contributed by atoms with Crippen LogP contribution < -0.4 is 0 Å². The lowest BCUT2D eigenvalue weighted by atomic mass is 10.8. The van der Waals surface area contributed by atoms with Crippen molar-refractivity contribution in [1.29, 1.82) is 0 Å². The van der Waals surface area contributed by atoms with Gasteiger partial charge in [-0.25, -0.2) is 4.79 Å². The molecule has 0 saturated heterocycles. The minimum Gasteiger partial charge on any atom is -0.481 e. The third kappa shape index (κ3) is 94.4. The molecule has 0 atom stereocenters. The van der Waals surface area contributed by atoms with E-state index in [2.05, 4.69) is 5.16 Å². The van der Waals surface area contributed by atoms with Crippen molar-refractivity contribution in [1.82, 2.24) is 0 Å². The molecule has 0 fully saturated rings. The largest absolute Gasteiger partial charge is 0.481 e. The Labute approximate surface area is 56.4 Å². The zero-order chi connectivity index (χ0) is 8.57. The zero-order valence-electron chi connectivity index (χ0n) is 5.18. The standard InChI is InChI=1S/C2H3NO3.C2H4O2/c4-2(5)1-3-6;1-2(3)4/h1,6H,(H,4,5);1H3,(H,3,4). The van der Waals surface area contributed by atoms with Gasteiger partial charge in [-0.15, -0.1) is 0 Å². The van der Waals surface area contributed by atoms with Gasteiger partial charge in [-0.1, -0.05) is 5.16 Å². The van der Waals surface area contributed by atoms with E-state index < -0.39 is 11.9 Å². The third-order valence-corrected chi connectivity index (χ3v) is 0.168. The van der Waals surface area contributed by atoms with Crippen LogP contribution in [0.25, 0.3) is 0 Å². The second-order valence-electron chi connectivity index (χ2n) is 1.10. The topological polar surface area (TPSA) is 107 Å². The first-order valence-corrected chi connectivity index (χ1v) is 2.10. The van der Waals surface area contributed by atoms with Crippen molar-refractivity contribution < 1.29 is 25.0 Å². The zero-order valence-corrected chi connectivity index (χ0v) is 5.18. The summed E-state index contributed by atoms with van der Waals surface area (Å²) in [5.74, 6) is -2.09. The van der Waals surface area contributed by atoms with Crippen molar-refractivity contribution in [2.75, 3.05) is 0 Å². The number of hydrogen-bond acceptors (Lipinski definition) is 4. The molecule has 10 heavy (non-hydrogen) atoms. The summed E-state index contributed by atoms with van der Waals surface area (Å²) in [6, 6.07) is 0. The summed E-state index contributed by atoms with van der Waals surface area (Å²) in [6.45, 7) is 1.08. The Hall–Kier alpha value is -1.59. The van der Waals surface area contributed by atoms with Crippen LogP contribution in [-0.2, 0) is 9.59 Å². The fraction of sp³-hybridized carbons (Fsp3) is 0.250. The van der Waals surface area contributed by atoms with E-state index in [0.717, 1.165) is 6.92 Å². The normalized spacial score (nSPS) is 8.10. The fourth-order valence-electron chi connectivity index (χ4n) is 0.0494. The van der Waals surface area contributed by atoms with E-state index in [0.29, 0.717) is 6.21 Å². The van der Waals surface area contributed by atoms with Gasteiger partial charge in [0.1, 0.15) is 0 Å². The molecule has 6 nitrogen and oxygen atoms in total. The number of carbonyl (C=O) groups is 2. The number of nitrogens with zero attached hydrogens (tertiary/aromatic N) is 1. The van der Waals surface area contributed by atoms with Gasteiger partial charge in [-0.3, -0.25) is 4.79 Å². The van der Waals surface area contributed by atoms with Crippen molar-refractivity contribution >= 4 is 18.2 Å². The van der Waals surface area contributed by atoms with E-state index in [1.807, 2.05) is 0 Å². The molecule has 0 aromatic carbocycles. The van der Waals surface area contributed by atoms with Gasteiger partial charge in [0.25, 0.3) is 5.97 Å². The van der Waals surface area contributed by atoms with E-state index in [9.17, 15) is 4.79 Å². The number of carboxylic acids is 2. The Kier molecular flexibility index (Phi) is 8.33. The van der Waals surface area contributed by atoms with Crippen LogP contribution in [0.4, 0.5) is 0 Å². The lowest BCUT2D eigenvalue weighted by molar-refractivity contribution is -0.134. The Morgan fingerprint density at radius 2 is 1.70 bits per heavy atom. The minimum absolute atomic E-state index is 0.389. The Morgan fingerprint density at radius 1 is 1.40 bits per heavy atom. The second-order valence-corrected chi connectivity index (χ2v) is 1.10. The summed E-state index contributed by atoms with van der Waals surface area (Å²) in [5.41, 5.74) is 0. The van der Waals surface area contributed by atoms with Crippen molar-refractivity contribution in [2.45, 2.75) is 6.92 Å². The molecule has 0 aromatic heterocycles. The van der Waals surface area contributed by atoms with Crippen LogP contribution in [0.15, 0.2) is 5.16 Å². The molecular weight excluding hydrogens is 142 g/mol. The van der Waals surface area contributed by atoms with Crippen molar-refractivity contribution in [3.8, 4) is 0 Å². The highest BCUT2D eigenvalue weighted by atomic mass is 16.4. The van der Waals surface area contributed by atoms with Gasteiger partial charge in [-0.05, 0) is 0 Å². The molecule has 0 spiro atoms. The van der Waals surface area contributed by atoms with Crippen molar-refractivity contribution in [2.24, 2.45) is 5.16 Å². The Morgan fingerprint density at radius 3 is 1.70 bits per heavy atom. The monoisotopic (exact) mass is 149 g/mol. The summed E-state index contributed by atoms with van der Waals surface area (Å²) in [7, 11) is 0. The van der Waals surface area contributed by atoms with E-state index >= 15 is 0 Å². The summed E-state index contributed by atoms with van der Waals surface area (Å²) in [5, 5.41) is 24.7. The number of hydrogen-bond donors (Lipinski definition) is 3. The van der Waals surface area contributed by atoms with Gasteiger partial charge in [0.2, 0.25) is 0 Å². The maximum Gasteiger partial charge on any atom is 0.350 e. The van der Waals surface area contributed by atoms with Crippen LogP contribution >= 0.6 is 0 Å². The van der Waals surface area contributed by atoms with Gasteiger partial charge < -0.3 is 15.4 Å². The smallest absolute Gasteiger partial charge is 0.350 e.